The standard InChI is InChI=1S/C25H30N2O2/c1-18-12-14-22-21(16-18)25(20-10-6-3-7-11-20)27(17-23(28)26-22)24(29)15-13-19-8-4-2-5-9-19/h3,6-7,10-12,14,16,19,25H,2,4-5,8-9,13,15,17H2,1H3,(H,26,28). The number of rotatable bonds is 4. The van der Waals surface area contributed by atoms with Crippen molar-refractivity contribution in [3.05, 3.63) is 65.2 Å². The minimum Gasteiger partial charge on any atom is -0.324 e. The lowest BCUT2D eigenvalue weighted by molar-refractivity contribution is -0.136. The van der Waals surface area contributed by atoms with Gasteiger partial charge in [-0.3, -0.25) is 9.59 Å². The number of hydrogen-bond acceptors (Lipinski definition) is 2. The smallest absolute Gasteiger partial charge is 0.244 e. The molecular formula is C25H30N2O2. The van der Waals surface area contributed by atoms with Crippen LogP contribution >= 0.6 is 0 Å². The summed E-state index contributed by atoms with van der Waals surface area (Å²) in [6.45, 7) is 2.14. The largest absolute Gasteiger partial charge is 0.324 e. The maximum Gasteiger partial charge on any atom is 0.244 e. The summed E-state index contributed by atoms with van der Waals surface area (Å²) in [7, 11) is 0. The third-order valence-electron chi connectivity index (χ3n) is 6.33. The Labute approximate surface area is 173 Å². The molecule has 2 aliphatic rings. The number of amides is 2. The lowest BCUT2D eigenvalue weighted by atomic mass is 9.86. The van der Waals surface area contributed by atoms with E-state index < -0.39 is 0 Å². The Kier molecular flexibility index (Phi) is 5.98. The summed E-state index contributed by atoms with van der Waals surface area (Å²) in [5.41, 5.74) is 3.96. The molecule has 29 heavy (non-hydrogen) atoms. The Morgan fingerprint density at radius 1 is 1.07 bits per heavy atom. The van der Waals surface area contributed by atoms with E-state index in [-0.39, 0.29) is 24.4 Å². The molecule has 1 atom stereocenters. The summed E-state index contributed by atoms with van der Waals surface area (Å²) in [5, 5.41) is 3.01. The second-order valence-electron chi connectivity index (χ2n) is 8.52. The van der Waals surface area contributed by atoms with Gasteiger partial charge in [-0.1, -0.05) is 80.1 Å². The molecule has 2 aromatic carbocycles. The molecule has 0 spiro atoms. The van der Waals surface area contributed by atoms with E-state index in [4.69, 9.17) is 0 Å². The number of carbonyl (C=O) groups excluding carboxylic acids is 2. The minimum absolute atomic E-state index is 0.0777. The molecule has 0 aromatic heterocycles. The molecule has 152 valence electrons. The van der Waals surface area contributed by atoms with Crippen LogP contribution in [-0.2, 0) is 9.59 Å². The lowest BCUT2D eigenvalue weighted by Gasteiger charge is -2.31. The molecule has 1 fully saturated rings. The highest BCUT2D eigenvalue weighted by molar-refractivity contribution is 5.97. The molecule has 0 bridgehead atoms. The normalized spacial score (nSPS) is 20.0. The molecule has 2 amide bonds. The quantitative estimate of drug-likeness (QED) is 0.777. The summed E-state index contributed by atoms with van der Waals surface area (Å²) in [6, 6.07) is 15.9. The van der Waals surface area contributed by atoms with E-state index in [9.17, 15) is 9.59 Å². The molecule has 1 heterocycles. The summed E-state index contributed by atoms with van der Waals surface area (Å²) in [5.74, 6) is 0.603. The fourth-order valence-electron chi connectivity index (χ4n) is 4.80. The van der Waals surface area contributed by atoms with Crippen LogP contribution in [0.2, 0.25) is 0 Å². The van der Waals surface area contributed by atoms with Crippen LogP contribution in [0.1, 0.15) is 67.7 Å². The number of hydrogen-bond donors (Lipinski definition) is 1. The maximum atomic E-state index is 13.4. The number of aryl methyl sites for hydroxylation is 1. The van der Waals surface area contributed by atoms with Crippen LogP contribution in [0.4, 0.5) is 5.69 Å². The van der Waals surface area contributed by atoms with Crippen LogP contribution in [0.5, 0.6) is 0 Å². The van der Waals surface area contributed by atoms with Gasteiger partial charge in [0.2, 0.25) is 11.8 Å². The number of nitrogens with zero attached hydrogens (tertiary/aromatic N) is 1. The fourth-order valence-corrected chi connectivity index (χ4v) is 4.80. The van der Waals surface area contributed by atoms with Crippen LogP contribution in [0.3, 0.4) is 0 Å². The first-order chi connectivity index (χ1) is 14.1. The van der Waals surface area contributed by atoms with E-state index >= 15 is 0 Å². The van der Waals surface area contributed by atoms with Gasteiger partial charge in [-0.15, -0.1) is 0 Å². The van der Waals surface area contributed by atoms with Gasteiger partial charge in [0.1, 0.15) is 6.54 Å². The van der Waals surface area contributed by atoms with Crippen molar-refractivity contribution in [2.75, 3.05) is 11.9 Å². The third-order valence-corrected chi connectivity index (χ3v) is 6.33. The second-order valence-corrected chi connectivity index (χ2v) is 8.52. The fraction of sp³-hybridized carbons (Fsp3) is 0.440. The van der Waals surface area contributed by atoms with E-state index in [0.717, 1.165) is 28.8 Å². The number of benzene rings is 2. The third kappa shape index (κ3) is 4.52. The van der Waals surface area contributed by atoms with Gasteiger partial charge in [0.15, 0.2) is 0 Å². The van der Waals surface area contributed by atoms with Crippen LogP contribution in [0.25, 0.3) is 0 Å². The summed E-state index contributed by atoms with van der Waals surface area (Å²) < 4.78 is 0. The summed E-state index contributed by atoms with van der Waals surface area (Å²) in [6.07, 6.45) is 7.80. The maximum absolute atomic E-state index is 13.4. The van der Waals surface area contributed by atoms with Crippen LogP contribution in [0.15, 0.2) is 48.5 Å². The molecule has 0 radical (unpaired) electrons. The van der Waals surface area contributed by atoms with Crippen molar-refractivity contribution in [2.24, 2.45) is 5.92 Å². The molecule has 2 aromatic rings. The van der Waals surface area contributed by atoms with Gasteiger partial charge in [-0.05, 0) is 30.9 Å². The van der Waals surface area contributed by atoms with Crippen molar-refractivity contribution in [1.82, 2.24) is 4.90 Å². The number of carbonyl (C=O) groups is 2. The molecular weight excluding hydrogens is 360 g/mol. The van der Waals surface area contributed by atoms with Crippen molar-refractivity contribution in [2.45, 2.75) is 57.9 Å². The topological polar surface area (TPSA) is 49.4 Å². The van der Waals surface area contributed by atoms with Crippen molar-refractivity contribution < 1.29 is 9.59 Å². The Bertz CT molecular complexity index is 872. The predicted molar refractivity (Wildman–Crippen MR) is 116 cm³/mol. The monoisotopic (exact) mass is 390 g/mol. The van der Waals surface area contributed by atoms with Gasteiger partial charge >= 0.3 is 0 Å². The highest BCUT2D eigenvalue weighted by atomic mass is 16.2. The minimum atomic E-state index is -0.246. The zero-order chi connectivity index (χ0) is 20.2. The number of anilines is 1. The first-order valence-electron chi connectivity index (χ1n) is 10.9. The first kappa shape index (κ1) is 19.7. The summed E-state index contributed by atoms with van der Waals surface area (Å²) >= 11 is 0. The van der Waals surface area contributed by atoms with Gasteiger partial charge in [0, 0.05) is 17.7 Å². The second kappa shape index (κ2) is 8.81. The molecule has 4 heteroatoms. The van der Waals surface area contributed by atoms with Crippen LogP contribution < -0.4 is 5.32 Å². The van der Waals surface area contributed by atoms with E-state index in [0.29, 0.717) is 12.3 Å². The molecule has 1 unspecified atom stereocenters. The van der Waals surface area contributed by atoms with E-state index in [1.54, 1.807) is 4.90 Å². The molecule has 1 aliphatic carbocycles. The number of fused-ring (bicyclic) bond motifs is 1. The van der Waals surface area contributed by atoms with Gasteiger partial charge in [-0.2, -0.15) is 0 Å². The summed E-state index contributed by atoms with van der Waals surface area (Å²) in [4.78, 5) is 27.8. The Morgan fingerprint density at radius 2 is 1.83 bits per heavy atom. The predicted octanol–water partition coefficient (Wildman–Crippen LogP) is 5.23. The first-order valence-corrected chi connectivity index (χ1v) is 10.9. The zero-order valence-electron chi connectivity index (χ0n) is 17.2. The zero-order valence-corrected chi connectivity index (χ0v) is 17.2. The average molecular weight is 391 g/mol. The molecule has 4 nitrogen and oxygen atoms in total. The SMILES string of the molecule is Cc1ccc2c(c1)C(c1ccccc1)N(C(=O)CCC1CCCCC1)CC(=O)N2. The van der Waals surface area contributed by atoms with Crippen molar-refractivity contribution in [3.63, 3.8) is 0 Å². The molecule has 1 N–H and O–H groups in total. The Morgan fingerprint density at radius 3 is 2.59 bits per heavy atom. The van der Waals surface area contributed by atoms with Crippen molar-refractivity contribution in [3.8, 4) is 0 Å². The molecule has 1 saturated carbocycles. The lowest BCUT2D eigenvalue weighted by Crippen LogP contribution is -2.39. The van der Waals surface area contributed by atoms with Crippen LogP contribution in [-0.4, -0.2) is 23.3 Å². The molecule has 1 aliphatic heterocycles. The van der Waals surface area contributed by atoms with Crippen LogP contribution in [0, 0.1) is 12.8 Å². The van der Waals surface area contributed by atoms with Gasteiger partial charge in [0.25, 0.3) is 0 Å². The van der Waals surface area contributed by atoms with Gasteiger partial charge < -0.3 is 10.2 Å². The Hall–Kier alpha value is -2.62. The average Bonchev–Trinajstić information content (AvgIpc) is 2.89. The molecule has 4 rings (SSSR count). The molecule has 0 saturated heterocycles. The van der Waals surface area contributed by atoms with Crippen molar-refractivity contribution >= 4 is 17.5 Å². The highest BCUT2D eigenvalue weighted by Crippen LogP contribution is 2.37. The van der Waals surface area contributed by atoms with Gasteiger partial charge in [-0.25, -0.2) is 0 Å². The van der Waals surface area contributed by atoms with Crippen molar-refractivity contribution in [1.29, 1.82) is 0 Å². The highest BCUT2D eigenvalue weighted by Gasteiger charge is 2.33. The van der Waals surface area contributed by atoms with E-state index in [1.807, 2.05) is 49.4 Å². The number of nitrogens with one attached hydrogen (secondary N) is 1. The van der Waals surface area contributed by atoms with E-state index in [2.05, 4.69) is 11.4 Å². The van der Waals surface area contributed by atoms with E-state index in [1.165, 1.54) is 32.1 Å². The Balaban J connectivity index is 1.66. The van der Waals surface area contributed by atoms with Gasteiger partial charge in [0.05, 0.1) is 6.04 Å².